The number of rotatable bonds is 3. The summed E-state index contributed by atoms with van der Waals surface area (Å²) in [5.41, 5.74) is 10.3. The summed E-state index contributed by atoms with van der Waals surface area (Å²) >= 11 is 0. The largest absolute Gasteiger partial charge is 0.455 e. The van der Waals surface area contributed by atoms with Crippen LogP contribution in [0.25, 0.3) is 99.1 Å². The summed E-state index contributed by atoms with van der Waals surface area (Å²) in [4.78, 5) is 9.34. The summed E-state index contributed by atoms with van der Waals surface area (Å²) in [6.45, 7) is 0. The van der Waals surface area contributed by atoms with Crippen LogP contribution < -0.4 is 0 Å². The smallest absolute Gasteiger partial charge is 0.180 e. The number of hydrogen-bond donors (Lipinski definition) is 0. The molecule has 46 heavy (non-hydrogen) atoms. The van der Waals surface area contributed by atoms with E-state index in [4.69, 9.17) is 13.8 Å². The van der Waals surface area contributed by atoms with Gasteiger partial charge in [0.2, 0.25) is 0 Å². The lowest BCUT2D eigenvalue weighted by Crippen LogP contribution is -1.88. The van der Waals surface area contributed by atoms with Crippen molar-refractivity contribution in [2.45, 2.75) is 0 Å². The van der Waals surface area contributed by atoms with Crippen LogP contribution in [0.2, 0.25) is 0 Å². The monoisotopic (exact) mass is 588 g/mol. The van der Waals surface area contributed by atoms with Crippen LogP contribution in [0, 0.1) is 0 Å². The first kappa shape index (κ1) is 25.1. The molecular weight excluding hydrogens is 564 g/mol. The van der Waals surface area contributed by atoms with E-state index in [-0.39, 0.29) is 0 Å². The summed E-state index contributed by atoms with van der Waals surface area (Å²) in [7, 11) is 0. The highest BCUT2D eigenvalue weighted by Gasteiger charge is 2.18. The Labute approximate surface area is 263 Å². The van der Waals surface area contributed by atoms with Gasteiger partial charge in [0.15, 0.2) is 5.58 Å². The highest BCUT2D eigenvalue weighted by molar-refractivity contribution is 6.20. The van der Waals surface area contributed by atoms with Crippen LogP contribution >= 0.6 is 0 Å². The highest BCUT2D eigenvalue weighted by Crippen LogP contribution is 2.41. The fourth-order valence-electron chi connectivity index (χ4n) is 7.02. The van der Waals surface area contributed by atoms with Crippen LogP contribution in [-0.4, -0.2) is 9.97 Å². The lowest BCUT2D eigenvalue weighted by molar-refractivity contribution is 0.670. The fraction of sp³-hybridized carbons (Fsp3) is 0. The molecule has 4 nitrogen and oxygen atoms in total. The molecule has 0 unspecified atom stereocenters. The SMILES string of the molecule is c1cc(-c2cccc(-c3ncnc4c3oc3c5ccccc5ccc43)c2)cc(-c2cccc3c2oc2ccc4ccccc4c23)c1. The van der Waals surface area contributed by atoms with Crippen molar-refractivity contribution in [1.82, 2.24) is 9.97 Å². The van der Waals surface area contributed by atoms with Crippen molar-refractivity contribution in [2.75, 3.05) is 0 Å². The molecule has 3 aromatic heterocycles. The van der Waals surface area contributed by atoms with Crippen molar-refractivity contribution < 1.29 is 8.83 Å². The molecular formula is C42H24N2O2. The molecule has 0 aliphatic carbocycles. The Hall–Kier alpha value is -6.26. The summed E-state index contributed by atoms with van der Waals surface area (Å²) in [5, 5.41) is 7.91. The van der Waals surface area contributed by atoms with E-state index in [0.717, 1.165) is 82.7 Å². The molecule has 0 spiro atoms. The minimum absolute atomic E-state index is 0.698. The minimum atomic E-state index is 0.698. The standard InChI is InChI=1S/C42H24N2O2/c1-3-14-31-25(8-1)19-21-36-37(31)34-17-7-16-33(40(34)45-36)29-12-5-10-27(22-29)28-11-6-13-30(23-28)38-42-39(44-24-43-38)35-20-18-26-9-2-4-15-32(26)41(35)46-42/h1-24H. The van der Waals surface area contributed by atoms with Crippen LogP contribution in [0.3, 0.4) is 0 Å². The predicted molar refractivity (Wildman–Crippen MR) is 188 cm³/mol. The van der Waals surface area contributed by atoms with E-state index in [2.05, 4.69) is 132 Å². The Bertz CT molecular complexity index is 2770. The van der Waals surface area contributed by atoms with Crippen LogP contribution in [0.15, 0.2) is 155 Å². The Kier molecular flexibility index (Phi) is 5.25. The maximum absolute atomic E-state index is 6.54. The van der Waals surface area contributed by atoms with Crippen LogP contribution in [0.4, 0.5) is 0 Å². The van der Waals surface area contributed by atoms with Gasteiger partial charge in [-0.15, -0.1) is 0 Å². The third kappa shape index (κ3) is 3.67. The molecule has 7 aromatic carbocycles. The van der Waals surface area contributed by atoms with Gasteiger partial charge in [-0.05, 0) is 57.1 Å². The maximum Gasteiger partial charge on any atom is 0.180 e. The first-order valence-corrected chi connectivity index (χ1v) is 15.4. The zero-order chi connectivity index (χ0) is 30.2. The van der Waals surface area contributed by atoms with Gasteiger partial charge >= 0.3 is 0 Å². The first-order chi connectivity index (χ1) is 22.8. The summed E-state index contributed by atoms with van der Waals surface area (Å²) in [6.07, 6.45) is 1.63. The number of benzene rings is 7. The number of nitrogens with zero attached hydrogens (tertiary/aromatic N) is 2. The van der Waals surface area contributed by atoms with Gasteiger partial charge in [0.25, 0.3) is 0 Å². The lowest BCUT2D eigenvalue weighted by atomic mass is 9.96. The van der Waals surface area contributed by atoms with E-state index in [1.54, 1.807) is 6.33 Å². The second kappa shape index (κ2) is 9.62. The molecule has 3 heterocycles. The third-order valence-corrected chi connectivity index (χ3v) is 9.17. The van der Waals surface area contributed by atoms with Crippen molar-refractivity contribution in [3.8, 4) is 33.5 Å². The van der Waals surface area contributed by atoms with Gasteiger partial charge in [-0.25, -0.2) is 9.97 Å². The normalized spacial score (nSPS) is 11.9. The zero-order valence-electron chi connectivity index (χ0n) is 24.6. The first-order valence-electron chi connectivity index (χ1n) is 15.4. The van der Waals surface area contributed by atoms with Gasteiger partial charge in [0.1, 0.15) is 34.3 Å². The van der Waals surface area contributed by atoms with Gasteiger partial charge < -0.3 is 8.83 Å². The molecule has 10 aromatic rings. The van der Waals surface area contributed by atoms with E-state index in [0.29, 0.717) is 5.58 Å². The van der Waals surface area contributed by atoms with Crippen molar-refractivity contribution in [2.24, 2.45) is 0 Å². The number of hydrogen-bond acceptors (Lipinski definition) is 4. The molecule has 4 heteroatoms. The fourth-order valence-corrected chi connectivity index (χ4v) is 7.02. The molecule has 0 radical (unpaired) electrons. The Morgan fingerprint density at radius 1 is 0.413 bits per heavy atom. The average molecular weight is 589 g/mol. The van der Waals surface area contributed by atoms with Gasteiger partial charge in [-0.1, -0.05) is 115 Å². The lowest BCUT2D eigenvalue weighted by Gasteiger charge is -2.09. The molecule has 0 bridgehead atoms. The van der Waals surface area contributed by atoms with Crippen molar-refractivity contribution >= 4 is 65.6 Å². The molecule has 214 valence electrons. The van der Waals surface area contributed by atoms with Crippen LogP contribution in [-0.2, 0) is 0 Å². The maximum atomic E-state index is 6.54. The quantitative estimate of drug-likeness (QED) is 0.206. The Morgan fingerprint density at radius 3 is 1.96 bits per heavy atom. The number of fused-ring (bicyclic) bond motifs is 10. The van der Waals surface area contributed by atoms with E-state index < -0.39 is 0 Å². The second-order valence-electron chi connectivity index (χ2n) is 11.8. The van der Waals surface area contributed by atoms with Gasteiger partial charge in [0.05, 0.1) is 0 Å². The molecule has 0 saturated carbocycles. The average Bonchev–Trinajstić information content (AvgIpc) is 3.71. The number of para-hydroxylation sites is 1. The molecule has 0 saturated heterocycles. The van der Waals surface area contributed by atoms with Crippen LogP contribution in [0.5, 0.6) is 0 Å². The zero-order valence-corrected chi connectivity index (χ0v) is 24.6. The van der Waals surface area contributed by atoms with E-state index in [1.165, 1.54) is 10.8 Å². The third-order valence-electron chi connectivity index (χ3n) is 9.17. The number of furan rings is 2. The summed E-state index contributed by atoms with van der Waals surface area (Å²) in [5.74, 6) is 0. The molecule has 0 N–H and O–H groups in total. The summed E-state index contributed by atoms with van der Waals surface area (Å²) in [6, 6.07) is 48.7. The second-order valence-corrected chi connectivity index (χ2v) is 11.8. The molecule has 10 rings (SSSR count). The molecule has 0 aliphatic heterocycles. The van der Waals surface area contributed by atoms with Gasteiger partial charge in [0, 0.05) is 32.7 Å². The molecule has 0 amide bonds. The molecule has 0 atom stereocenters. The summed E-state index contributed by atoms with van der Waals surface area (Å²) < 4.78 is 13.1. The van der Waals surface area contributed by atoms with Crippen molar-refractivity contribution in [3.63, 3.8) is 0 Å². The van der Waals surface area contributed by atoms with E-state index in [9.17, 15) is 0 Å². The minimum Gasteiger partial charge on any atom is -0.455 e. The van der Waals surface area contributed by atoms with Gasteiger partial charge in [-0.3, -0.25) is 0 Å². The van der Waals surface area contributed by atoms with Crippen molar-refractivity contribution in [3.05, 3.63) is 146 Å². The van der Waals surface area contributed by atoms with Crippen molar-refractivity contribution in [1.29, 1.82) is 0 Å². The van der Waals surface area contributed by atoms with E-state index >= 15 is 0 Å². The highest BCUT2D eigenvalue weighted by atomic mass is 16.3. The predicted octanol–water partition coefficient (Wildman–Crippen LogP) is 11.6. The topological polar surface area (TPSA) is 52.1 Å². The van der Waals surface area contributed by atoms with Crippen LogP contribution in [0.1, 0.15) is 0 Å². The van der Waals surface area contributed by atoms with Gasteiger partial charge in [-0.2, -0.15) is 0 Å². The Morgan fingerprint density at radius 2 is 1.09 bits per heavy atom. The number of aromatic nitrogens is 2. The molecule has 0 aliphatic rings. The van der Waals surface area contributed by atoms with E-state index in [1.807, 2.05) is 12.1 Å². The Balaban J connectivity index is 1.10. The molecule has 0 fully saturated rings.